The summed E-state index contributed by atoms with van der Waals surface area (Å²) in [7, 11) is 1.58. The lowest BCUT2D eigenvalue weighted by Crippen LogP contribution is -2.48. The summed E-state index contributed by atoms with van der Waals surface area (Å²) in [6, 6.07) is 60.5. The minimum absolute atomic E-state index is 0.0167. The molecule has 5 N–H and O–H groups in total. The first-order chi connectivity index (χ1) is 72.4. The van der Waals surface area contributed by atoms with Gasteiger partial charge in [0.2, 0.25) is 29.7 Å². The predicted octanol–water partition coefficient (Wildman–Crippen LogP) is 18.3. The van der Waals surface area contributed by atoms with E-state index < -0.39 is 29.8 Å². The number of hydrogen-bond donors (Lipinski definition) is 5. The Morgan fingerprint density at radius 3 is 1.17 bits per heavy atom. The van der Waals surface area contributed by atoms with Gasteiger partial charge in [0, 0.05) is 208 Å². The van der Waals surface area contributed by atoms with E-state index in [1.165, 1.54) is 36.4 Å². The molecule has 4 saturated heterocycles. The predicted molar refractivity (Wildman–Crippen MR) is 548 cm³/mol. The molecule has 13 heterocycles. The normalized spacial score (nSPS) is 14.1. The van der Waals surface area contributed by atoms with Crippen LogP contribution in [0.1, 0.15) is 56.6 Å². The number of nitrogens with zero attached hydrogens (tertiary/aromatic N) is 28. The molecule has 9 aromatic heterocycles. The summed E-state index contributed by atoms with van der Waals surface area (Å²) in [5.74, 6) is -0.0624. The van der Waals surface area contributed by atoms with Crippen molar-refractivity contribution in [2.75, 3.05) is 153 Å². The van der Waals surface area contributed by atoms with Gasteiger partial charge in [-0.3, -0.25) is 9.80 Å². The Kier molecular flexibility index (Phi) is 31.6. The molecule has 4 fully saturated rings. The number of nitriles is 1. The van der Waals surface area contributed by atoms with Crippen LogP contribution >= 0.6 is 0 Å². The van der Waals surface area contributed by atoms with Crippen molar-refractivity contribution >= 4 is 69.3 Å². The number of rotatable bonds is 24. The molecule has 0 bridgehead atoms. The Morgan fingerprint density at radius 2 is 0.780 bits per heavy atom. The fourth-order valence-corrected chi connectivity index (χ4v) is 17.1. The molecule has 35 nitrogen and oxygen atoms in total. The number of benzene rings is 8. The number of anilines is 12. The maximum atomic E-state index is 14.8. The van der Waals surface area contributed by atoms with Crippen LogP contribution in [-0.2, 0) is 17.1 Å². The van der Waals surface area contributed by atoms with E-state index in [2.05, 4.69) is 175 Å². The summed E-state index contributed by atoms with van der Waals surface area (Å²) < 4.78 is 151. The molecule has 768 valence electrons. The summed E-state index contributed by atoms with van der Waals surface area (Å²) in [5, 5.41) is 41.2. The molecule has 0 amide bonds. The van der Waals surface area contributed by atoms with Gasteiger partial charge in [-0.25, -0.2) is 101 Å². The maximum Gasteiger partial charge on any atom is 0.453 e. The molecular formula is C105H101F10N33O2. The van der Waals surface area contributed by atoms with E-state index in [0.717, 1.165) is 175 Å². The number of nitrogens with one attached hydrogen (secondary N) is 5. The van der Waals surface area contributed by atoms with Crippen LogP contribution < -0.4 is 50.9 Å². The lowest BCUT2D eigenvalue weighted by Gasteiger charge is -2.38. The van der Waals surface area contributed by atoms with E-state index >= 15 is 0 Å². The highest BCUT2D eigenvalue weighted by atomic mass is 19.4. The number of ether oxygens (including phenoxy) is 2. The zero-order valence-corrected chi connectivity index (χ0v) is 82.3. The summed E-state index contributed by atoms with van der Waals surface area (Å²) in [4.78, 5) is 68.2. The van der Waals surface area contributed by atoms with Gasteiger partial charge in [-0.2, -0.15) is 36.7 Å². The smallest absolute Gasteiger partial charge is 0.453 e. The van der Waals surface area contributed by atoms with Crippen molar-refractivity contribution in [3.05, 3.63) is 302 Å². The fraction of sp³-hybridized carbons (Fsp3) is 0.257. The number of aryl methyl sites for hydroxylation is 2. The SMILES string of the molecule is COc1ccc(-c2ncn(-c3ccc(Nc4nccc(-c5cc(F)cc(N6CCN(C(C)C)CC6)c5)n4)cc3)n2)cn1.Cc1nc(C)n(-c2ccc(Nc3nccc(-c4cc(F)cc(N5CCN(C(C)C)CC5)c4)n3)cc2)n1.Fc1cc(-c2ccnc(Nc3ccc(-n4cnc(C(F)(F)F)n4)cc3)n2)cc(N2CCNCC2)c1.N#Cc1cc(-c2nc(Nc3ccc(-n4cnc(C(F)(F)F)n4)cc3)ncc2F)cc(N2CCOCC2)c1. The highest BCUT2D eigenvalue weighted by molar-refractivity contribution is 5.74. The highest BCUT2D eigenvalue weighted by Gasteiger charge is 2.38. The first kappa shape index (κ1) is 103. The molecule has 0 radical (unpaired) electrons. The van der Waals surface area contributed by atoms with Gasteiger partial charge >= 0.3 is 12.4 Å². The van der Waals surface area contributed by atoms with Gasteiger partial charge < -0.3 is 55.7 Å². The zero-order valence-electron chi connectivity index (χ0n) is 82.3. The second-order valence-corrected chi connectivity index (χ2v) is 35.7. The molecular weight excluding hydrogens is 1950 g/mol. The summed E-state index contributed by atoms with van der Waals surface area (Å²) >= 11 is 0. The minimum atomic E-state index is -4.64. The Balaban J connectivity index is 0.000000131. The molecule has 4 aliphatic heterocycles. The van der Waals surface area contributed by atoms with Gasteiger partial charge in [0.15, 0.2) is 11.6 Å². The topological polar surface area (TPSA) is 361 Å². The second kappa shape index (κ2) is 46.1. The van der Waals surface area contributed by atoms with E-state index in [1.807, 2.05) is 86.6 Å². The number of morpholine rings is 1. The third-order valence-electron chi connectivity index (χ3n) is 24.8. The molecule has 0 atom stereocenters. The van der Waals surface area contributed by atoms with E-state index in [1.54, 1.807) is 139 Å². The number of pyridine rings is 1. The molecule has 0 spiro atoms. The number of alkyl halides is 6. The van der Waals surface area contributed by atoms with Crippen LogP contribution in [0.2, 0.25) is 0 Å². The van der Waals surface area contributed by atoms with Crippen LogP contribution in [0.25, 0.3) is 79.2 Å². The average Bonchev–Trinajstić information content (AvgIpc) is 1.05. The van der Waals surface area contributed by atoms with Gasteiger partial charge in [-0.05, 0) is 236 Å². The van der Waals surface area contributed by atoms with Crippen LogP contribution in [0.15, 0.2) is 250 Å². The van der Waals surface area contributed by atoms with Crippen molar-refractivity contribution in [2.24, 2.45) is 0 Å². The molecule has 17 aromatic rings. The van der Waals surface area contributed by atoms with Crippen molar-refractivity contribution < 1.29 is 53.4 Å². The van der Waals surface area contributed by atoms with Crippen LogP contribution in [0.3, 0.4) is 0 Å². The Bertz CT molecular complexity index is 7530. The molecule has 0 unspecified atom stereocenters. The largest absolute Gasteiger partial charge is 0.481 e. The van der Waals surface area contributed by atoms with Gasteiger partial charge in [0.1, 0.15) is 53.8 Å². The second-order valence-electron chi connectivity index (χ2n) is 35.7. The first-order valence-corrected chi connectivity index (χ1v) is 48.0. The standard InChI is InChI=1S/C31H32FN9O.C27H31FN8.C24H18F4N8O.C23H20F4N8/c1-21(2)39-12-14-40(15-13-39)27-17-23(16-24(32)18-27)28-10-11-33-31(37-28)36-25-5-7-26(8-6-25)41-20-35-30(38-41)22-4-9-29(42-3)34-19-22;1-18(2)34-11-13-35(14-12-34)25-16-21(15-22(28)17-25)26-9-10-29-27(32-26)31-23-5-7-24(8-6-23)36-20(4)30-19(3)33-36;25-20-13-30-23(32-17-1-3-18(4-2-17)36-14-31-22(34-36)24(26,27)28)33-21(20)16-9-15(12-29)10-19(11-16)35-5-7-37-8-6-35;24-16-11-15(12-19(13-16)34-9-7-28-8-10-34)20-5-6-29-22(32-20)31-17-1-3-18(4-2-17)35-14-30-21(33-35)23(25,26)27/h4-11,16-21H,12-15H2,1-3H3,(H,33,36,37);5-10,15-18H,11-14H2,1-4H3,(H,29,31,32);1-4,9-11,13-14H,5-8H2,(H,30,32,33);1-6,11-14,28H,7-10H2,(H,29,31,32). The monoisotopic (exact) mass is 2050 g/mol. The van der Waals surface area contributed by atoms with E-state index in [4.69, 9.17) is 9.47 Å². The average molecular weight is 2050 g/mol. The molecule has 4 aliphatic rings. The fourth-order valence-electron chi connectivity index (χ4n) is 17.1. The van der Waals surface area contributed by atoms with Gasteiger partial charge in [0.05, 0.1) is 78.0 Å². The van der Waals surface area contributed by atoms with Crippen LogP contribution in [0, 0.1) is 48.4 Å². The van der Waals surface area contributed by atoms with Crippen molar-refractivity contribution in [1.29, 1.82) is 5.26 Å². The van der Waals surface area contributed by atoms with Crippen LogP contribution in [0.4, 0.5) is 113 Å². The summed E-state index contributed by atoms with van der Waals surface area (Å²) in [6.07, 6.45) is 2.03. The van der Waals surface area contributed by atoms with Crippen LogP contribution in [-0.4, -0.2) is 238 Å². The lowest BCUT2D eigenvalue weighted by molar-refractivity contribution is -0.145. The van der Waals surface area contributed by atoms with Crippen LogP contribution in [0.5, 0.6) is 5.88 Å². The van der Waals surface area contributed by atoms with E-state index in [-0.39, 0.29) is 29.1 Å². The molecule has 0 saturated carbocycles. The van der Waals surface area contributed by atoms with Crippen molar-refractivity contribution in [3.63, 3.8) is 0 Å². The van der Waals surface area contributed by atoms with Gasteiger partial charge in [-0.15, -0.1) is 15.3 Å². The van der Waals surface area contributed by atoms with Crippen molar-refractivity contribution in [3.8, 4) is 91.1 Å². The number of halogens is 10. The van der Waals surface area contributed by atoms with E-state index in [0.29, 0.717) is 130 Å². The lowest BCUT2D eigenvalue weighted by atomic mass is 10.1. The Labute approximate surface area is 854 Å². The highest BCUT2D eigenvalue weighted by Crippen LogP contribution is 2.37. The number of methoxy groups -OCH3 is 1. The molecule has 45 heteroatoms. The molecule has 8 aromatic carbocycles. The number of piperazine rings is 3. The summed E-state index contributed by atoms with van der Waals surface area (Å²) in [5.41, 5.74) is 14.2. The van der Waals surface area contributed by atoms with Gasteiger partial charge in [0.25, 0.3) is 11.6 Å². The Morgan fingerprint density at radius 1 is 0.380 bits per heavy atom. The molecule has 150 heavy (non-hydrogen) atoms. The summed E-state index contributed by atoms with van der Waals surface area (Å²) in [6.45, 7) is 25.7. The zero-order chi connectivity index (χ0) is 105. The maximum absolute atomic E-state index is 14.8. The van der Waals surface area contributed by atoms with Crippen molar-refractivity contribution in [1.82, 2.24) is 119 Å². The number of aromatic nitrogens is 21. The van der Waals surface area contributed by atoms with Gasteiger partial charge in [-0.1, -0.05) is 0 Å². The third-order valence-corrected chi connectivity index (χ3v) is 24.8. The number of hydrogen-bond acceptors (Lipinski definition) is 31. The van der Waals surface area contributed by atoms with E-state index in [9.17, 15) is 49.2 Å². The minimum Gasteiger partial charge on any atom is -0.481 e. The molecule has 21 rings (SSSR count). The Hall–Kier alpha value is -17.4. The van der Waals surface area contributed by atoms with Crippen molar-refractivity contribution in [2.45, 2.75) is 66.0 Å². The first-order valence-electron chi connectivity index (χ1n) is 48.0. The quantitative estimate of drug-likeness (QED) is 0.0351. The molecule has 0 aliphatic carbocycles. The third kappa shape index (κ3) is 26.0.